The summed E-state index contributed by atoms with van der Waals surface area (Å²) in [7, 11) is -9.59. The highest BCUT2D eigenvalue weighted by molar-refractivity contribution is 7.98. The molecule has 0 saturated heterocycles. The van der Waals surface area contributed by atoms with Gasteiger partial charge >= 0.3 is 5.97 Å². The second-order valence-electron chi connectivity index (χ2n) is 19.3. The van der Waals surface area contributed by atoms with Crippen LogP contribution in [-0.4, -0.2) is 161 Å². The molecule has 3 rings (SSSR count). The average Bonchev–Trinajstić information content (AvgIpc) is 4.05. The quantitative estimate of drug-likeness (QED) is 0.00877. The Morgan fingerprint density at radius 2 is 1.47 bits per heavy atom. The van der Waals surface area contributed by atoms with Crippen molar-refractivity contribution >= 4 is 91.7 Å². The largest absolute Gasteiger partial charge is 0.481 e. The summed E-state index contributed by atoms with van der Waals surface area (Å²) < 4.78 is 28.9. The zero-order valence-electron chi connectivity index (χ0n) is 44.4. The number of nitrogens with zero attached hydrogens (tertiary/aromatic N) is 2. The summed E-state index contributed by atoms with van der Waals surface area (Å²) in [4.78, 5) is 117. The number of rotatable bonds is 39. The first kappa shape index (κ1) is 67.4. The van der Waals surface area contributed by atoms with Crippen LogP contribution in [0.2, 0.25) is 0 Å². The Kier molecular flexibility index (Phi) is 29.1. The smallest absolute Gasteiger partial charge is 0.303 e. The number of imidazole rings is 1. The maximum absolute atomic E-state index is 14.6. The van der Waals surface area contributed by atoms with Gasteiger partial charge < -0.3 is 74.2 Å². The highest BCUT2D eigenvalue weighted by Gasteiger charge is 2.41. The maximum atomic E-state index is 14.6. The molecule has 438 valence electrons. The molecule has 27 nitrogen and oxygen atoms in total. The molecule has 21 N–H and O–H groups in total. The minimum atomic E-state index is -4.88. The number of amides is 4. The van der Waals surface area contributed by atoms with Crippen molar-refractivity contribution in [3.05, 3.63) is 54.2 Å². The monoisotopic (exact) mass is 1170 g/mol. The van der Waals surface area contributed by atoms with Gasteiger partial charge in [0.2, 0.25) is 23.6 Å². The molecule has 0 radical (unpaired) electrons. The van der Waals surface area contributed by atoms with Crippen molar-refractivity contribution in [2.45, 2.75) is 145 Å². The Morgan fingerprint density at radius 3 is 2.09 bits per heavy atom. The van der Waals surface area contributed by atoms with Crippen LogP contribution in [0, 0.1) is 5.92 Å². The molecule has 0 fully saturated rings. The number of aliphatic carboxylic acids is 1. The number of hydrogen-bond acceptors (Lipinski definition) is 16. The fraction of sp³-hybridized carbons (Fsp3) is 0.617. The minimum Gasteiger partial charge on any atom is -0.481 e. The number of carbonyl (C=O) groups excluding carboxylic acids is 5. The van der Waals surface area contributed by atoms with Crippen LogP contribution in [-0.2, 0) is 50.7 Å². The summed E-state index contributed by atoms with van der Waals surface area (Å²) in [5, 5.41) is 40.5. The summed E-state index contributed by atoms with van der Waals surface area (Å²) >= 11 is 5.44. The van der Waals surface area contributed by atoms with Crippen LogP contribution in [0.1, 0.15) is 89.8 Å². The van der Waals surface area contributed by atoms with Gasteiger partial charge in [-0.05, 0) is 101 Å². The number of guanidine groups is 1. The van der Waals surface area contributed by atoms with E-state index in [9.17, 15) is 57.9 Å². The van der Waals surface area contributed by atoms with E-state index < -0.39 is 117 Å². The standard InChI is InChI=1S/C47H81N15O12P2S2/c1-27(2)20-40(76(73,74)61-36(14-15-41(64)65)45(69)58-38(25-77)28(3)63)60-44(68)34(12-9-18-53-47(50)51)56-43(67)35(16-19-78-4)57-46(70)37(22-30-24-52-26-55-30)62-75(71,72)39(13-7-8-17-48)59-42(66)32(49)21-29-23-54-33-11-6-5-10-31(29)33/h5-6,10-11,23-24,26-27,32,34-40,46,54,57,70,77H,7-9,12-22,25,48-49H2,1-4H3,(H,52,55)(H,56,67)(H,58,69)(H,59,66)(H,60,68)(H,64,65)(H4,50,51,53)(H2,61,73,74)(H2,62,71,72). The van der Waals surface area contributed by atoms with Gasteiger partial charge in [0.25, 0.3) is 15.0 Å². The Balaban J connectivity index is 1.95. The molecule has 11 unspecified atom stereocenters. The highest BCUT2D eigenvalue weighted by Crippen LogP contribution is 2.45. The molecule has 11 atom stereocenters. The SMILES string of the molecule is CSCCC(NC(O)C(Cc1cnc[nH]1)NP(=O)(O)C(CCCCN)NC(=O)C(N)Cc1c[nH]c2ccccc12)C(=O)NC(CCCN=C(N)N)C(=O)NC(CC(C)C)P(=O)(O)NC(CCC(=O)O)C(=O)NC(CS)C(C)=O. The third-order valence-electron chi connectivity index (χ3n) is 12.4. The van der Waals surface area contributed by atoms with Gasteiger partial charge in [-0.15, -0.1) is 0 Å². The van der Waals surface area contributed by atoms with Gasteiger partial charge in [-0.1, -0.05) is 32.0 Å². The molecular weight excluding hydrogens is 1090 g/mol. The Morgan fingerprint density at radius 1 is 0.821 bits per heavy atom. The number of aliphatic imine (C=N–C) groups is 1. The van der Waals surface area contributed by atoms with E-state index in [1.54, 1.807) is 26.3 Å². The lowest BCUT2D eigenvalue weighted by Gasteiger charge is -2.33. The topological polar surface area (TPSA) is 463 Å². The fourth-order valence-electron chi connectivity index (χ4n) is 8.18. The number of H-pyrrole nitrogens is 2. The third-order valence-corrected chi connectivity index (χ3v) is 17.2. The molecule has 0 spiro atoms. The van der Waals surface area contributed by atoms with E-state index in [1.165, 1.54) is 31.2 Å². The normalized spacial score (nSPS) is 16.7. The first-order chi connectivity index (χ1) is 36.8. The lowest BCUT2D eigenvalue weighted by Crippen LogP contribution is -2.59. The number of unbranched alkanes of at least 4 members (excludes halogenated alkanes) is 1. The molecule has 3 aromatic rings. The van der Waals surface area contributed by atoms with Crippen molar-refractivity contribution in [1.82, 2.24) is 51.7 Å². The number of nitrogens with two attached hydrogens (primary N) is 4. The number of para-hydroxylation sites is 1. The van der Waals surface area contributed by atoms with Crippen LogP contribution in [0.4, 0.5) is 0 Å². The molecule has 0 aliphatic carbocycles. The van der Waals surface area contributed by atoms with Crippen molar-refractivity contribution in [1.29, 1.82) is 0 Å². The number of fused-ring (bicyclic) bond motifs is 1. The molecule has 0 aliphatic heterocycles. The number of thiol groups is 1. The fourth-order valence-corrected chi connectivity index (χ4v) is 12.6. The minimum absolute atomic E-state index is 0.00407. The van der Waals surface area contributed by atoms with E-state index in [0.717, 1.165) is 16.5 Å². The van der Waals surface area contributed by atoms with Crippen molar-refractivity contribution in [2.24, 2.45) is 33.8 Å². The number of carbonyl (C=O) groups is 6. The lowest BCUT2D eigenvalue weighted by molar-refractivity contribution is -0.137. The number of aromatic nitrogens is 3. The van der Waals surface area contributed by atoms with Crippen molar-refractivity contribution < 1.29 is 57.9 Å². The summed E-state index contributed by atoms with van der Waals surface area (Å²) in [6.07, 6.45) is 4.03. The van der Waals surface area contributed by atoms with E-state index in [-0.39, 0.29) is 75.7 Å². The molecule has 0 bridgehead atoms. The average molecular weight is 1170 g/mol. The van der Waals surface area contributed by atoms with Crippen LogP contribution >= 0.6 is 39.4 Å². The molecule has 31 heteroatoms. The van der Waals surface area contributed by atoms with E-state index >= 15 is 0 Å². The molecular formula is C47H81N15O12P2S2. The number of benzene rings is 1. The molecule has 0 saturated carbocycles. The summed E-state index contributed by atoms with van der Waals surface area (Å²) in [5.41, 5.74) is 25.3. The van der Waals surface area contributed by atoms with E-state index in [2.05, 4.69) is 69.3 Å². The number of carboxylic acids is 1. The van der Waals surface area contributed by atoms with Crippen LogP contribution < -0.4 is 59.7 Å². The van der Waals surface area contributed by atoms with Gasteiger partial charge in [-0.25, -0.2) is 15.2 Å². The van der Waals surface area contributed by atoms with Crippen LogP contribution in [0.25, 0.3) is 10.9 Å². The highest BCUT2D eigenvalue weighted by atomic mass is 32.2. The zero-order valence-corrected chi connectivity index (χ0v) is 47.9. The molecule has 1 aromatic carbocycles. The van der Waals surface area contributed by atoms with Crippen LogP contribution in [0.5, 0.6) is 0 Å². The molecule has 2 aromatic heterocycles. The number of carboxylic acid groups (broad SMARTS) is 1. The molecule has 0 aliphatic rings. The van der Waals surface area contributed by atoms with Gasteiger partial charge in [0.1, 0.15) is 23.8 Å². The van der Waals surface area contributed by atoms with Gasteiger partial charge in [0.15, 0.2) is 11.7 Å². The van der Waals surface area contributed by atoms with Crippen molar-refractivity contribution in [3.63, 3.8) is 0 Å². The third kappa shape index (κ3) is 23.1. The molecule has 4 amide bonds. The summed E-state index contributed by atoms with van der Waals surface area (Å²) in [6, 6.07) is -0.478. The van der Waals surface area contributed by atoms with Gasteiger partial charge in [0, 0.05) is 54.1 Å². The van der Waals surface area contributed by atoms with Gasteiger partial charge in [-0.3, -0.25) is 48.2 Å². The molecule has 2 heterocycles. The maximum Gasteiger partial charge on any atom is 0.303 e. The van der Waals surface area contributed by atoms with E-state index in [1.807, 2.05) is 24.3 Å². The number of nitrogens with one attached hydrogen (secondary N) is 9. The van der Waals surface area contributed by atoms with E-state index in [0.29, 0.717) is 24.3 Å². The number of thioether (sulfide) groups is 1. The van der Waals surface area contributed by atoms with Gasteiger partial charge in [-0.2, -0.15) is 24.4 Å². The lowest BCUT2D eigenvalue weighted by atomic mass is 10.1. The second-order valence-corrected chi connectivity index (χ2v) is 24.9. The number of hydrogen-bond donors (Lipinski definition) is 18. The zero-order chi connectivity index (χ0) is 58.2. The molecule has 78 heavy (non-hydrogen) atoms. The van der Waals surface area contributed by atoms with Crippen molar-refractivity contribution in [2.75, 3.05) is 30.9 Å². The number of aromatic amines is 2. The Labute approximate surface area is 463 Å². The Hall–Kier alpha value is -4.90. The predicted molar refractivity (Wildman–Crippen MR) is 303 cm³/mol. The number of aliphatic hydroxyl groups is 1. The summed E-state index contributed by atoms with van der Waals surface area (Å²) in [6.45, 7) is 4.87. The number of aliphatic hydroxyl groups excluding tert-OH is 1. The van der Waals surface area contributed by atoms with Crippen LogP contribution in [0.3, 0.4) is 0 Å². The van der Waals surface area contributed by atoms with Gasteiger partial charge in [0.05, 0.1) is 36.5 Å². The first-order valence-electron chi connectivity index (χ1n) is 25.5. The van der Waals surface area contributed by atoms with Crippen molar-refractivity contribution in [3.8, 4) is 0 Å². The van der Waals surface area contributed by atoms with Crippen LogP contribution in [0.15, 0.2) is 48.0 Å². The predicted octanol–water partition coefficient (Wildman–Crippen LogP) is -0.213. The number of ketones is 1. The summed E-state index contributed by atoms with van der Waals surface area (Å²) in [5.74, 6) is -8.63. The number of Topliss-reactive ketones (excluding diaryl/α,β-unsaturated/α-hetero) is 1. The Bertz CT molecular complexity index is 2520. The second kappa shape index (κ2) is 33.6. The first-order valence-corrected chi connectivity index (χ1v) is 31.0. The van der Waals surface area contributed by atoms with E-state index in [4.69, 9.17) is 22.9 Å².